The van der Waals surface area contributed by atoms with Crippen molar-refractivity contribution < 1.29 is 9.90 Å². The van der Waals surface area contributed by atoms with E-state index in [1.165, 1.54) is 12.3 Å². The van der Waals surface area contributed by atoms with Crippen molar-refractivity contribution in [3.8, 4) is 0 Å². The third kappa shape index (κ3) is 2.76. The Balaban J connectivity index is 2.05. The zero-order valence-corrected chi connectivity index (χ0v) is 10.7. The summed E-state index contributed by atoms with van der Waals surface area (Å²) in [6, 6.07) is 1.95. The lowest BCUT2D eigenvalue weighted by Crippen LogP contribution is -2.49. The zero-order chi connectivity index (χ0) is 13.1. The second kappa shape index (κ2) is 5.30. The topological polar surface area (TPSA) is 69.6 Å². The van der Waals surface area contributed by atoms with E-state index in [2.05, 4.69) is 28.7 Å². The molecule has 0 bridgehead atoms. The van der Waals surface area contributed by atoms with E-state index in [1.807, 2.05) is 4.90 Å². The number of carboxylic acids is 1. The van der Waals surface area contributed by atoms with Crippen molar-refractivity contribution in [2.45, 2.75) is 19.9 Å². The highest BCUT2D eigenvalue weighted by molar-refractivity contribution is 5.85. The zero-order valence-electron chi connectivity index (χ0n) is 10.7. The van der Waals surface area contributed by atoms with Crippen LogP contribution in [0.2, 0.25) is 0 Å². The van der Waals surface area contributed by atoms with Gasteiger partial charge in [-0.05, 0) is 19.9 Å². The molecular formula is C12H18N4O2. The smallest absolute Gasteiger partial charge is 0.354 e. The minimum Gasteiger partial charge on any atom is -0.477 e. The minimum absolute atomic E-state index is 0.0475. The van der Waals surface area contributed by atoms with Gasteiger partial charge in [0.05, 0.1) is 0 Å². The number of aromatic carboxylic acids is 1. The fraction of sp³-hybridized carbons (Fsp3) is 0.583. The van der Waals surface area contributed by atoms with E-state index < -0.39 is 5.97 Å². The number of carboxylic acid groups (broad SMARTS) is 1. The van der Waals surface area contributed by atoms with E-state index in [0.717, 1.165) is 26.2 Å². The molecule has 1 aliphatic heterocycles. The first-order chi connectivity index (χ1) is 8.58. The van der Waals surface area contributed by atoms with Crippen LogP contribution in [0.1, 0.15) is 24.3 Å². The van der Waals surface area contributed by atoms with Crippen LogP contribution in [-0.4, -0.2) is 58.2 Å². The summed E-state index contributed by atoms with van der Waals surface area (Å²) in [7, 11) is 0. The van der Waals surface area contributed by atoms with Crippen molar-refractivity contribution >= 4 is 11.9 Å². The standard InChI is InChI=1S/C12H18N4O2/c1-9(2)15-5-7-16(8-6-15)12-13-4-3-10(14-12)11(17)18/h3-4,9H,5-8H2,1-2H3,(H,17,18). The van der Waals surface area contributed by atoms with Crippen molar-refractivity contribution in [2.24, 2.45) is 0 Å². The predicted molar refractivity (Wildman–Crippen MR) is 67.9 cm³/mol. The van der Waals surface area contributed by atoms with Gasteiger partial charge < -0.3 is 10.0 Å². The van der Waals surface area contributed by atoms with Crippen LogP contribution < -0.4 is 4.90 Å². The molecule has 6 heteroatoms. The van der Waals surface area contributed by atoms with Crippen molar-refractivity contribution in [2.75, 3.05) is 31.1 Å². The maximum Gasteiger partial charge on any atom is 0.354 e. The Bertz CT molecular complexity index is 428. The molecule has 1 N–H and O–H groups in total. The van der Waals surface area contributed by atoms with Crippen LogP contribution in [0.3, 0.4) is 0 Å². The number of carbonyl (C=O) groups is 1. The number of piperazine rings is 1. The van der Waals surface area contributed by atoms with Gasteiger partial charge in [-0.25, -0.2) is 14.8 Å². The first kappa shape index (κ1) is 12.8. The summed E-state index contributed by atoms with van der Waals surface area (Å²) in [5.74, 6) is -0.502. The van der Waals surface area contributed by atoms with Crippen molar-refractivity contribution in [3.05, 3.63) is 18.0 Å². The summed E-state index contributed by atoms with van der Waals surface area (Å²) < 4.78 is 0. The highest BCUT2D eigenvalue weighted by Crippen LogP contribution is 2.12. The van der Waals surface area contributed by atoms with Crippen LogP contribution in [0.25, 0.3) is 0 Å². The summed E-state index contributed by atoms with van der Waals surface area (Å²) in [6.07, 6.45) is 1.50. The van der Waals surface area contributed by atoms with Gasteiger partial charge in [0.15, 0.2) is 5.69 Å². The lowest BCUT2D eigenvalue weighted by molar-refractivity contribution is 0.0690. The van der Waals surface area contributed by atoms with Crippen LogP contribution in [0.5, 0.6) is 0 Å². The highest BCUT2D eigenvalue weighted by Gasteiger charge is 2.21. The molecule has 0 saturated carbocycles. The average Bonchev–Trinajstić information content (AvgIpc) is 2.39. The monoisotopic (exact) mass is 250 g/mol. The Morgan fingerprint density at radius 1 is 1.33 bits per heavy atom. The van der Waals surface area contributed by atoms with E-state index in [4.69, 9.17) is 5.11 Å². The molecule has 0 spiro atoms. The van der Waals surface area contributed by atoms with Gasteiger partial charge in [-0.2, -0.15) is 0 Å². The summed E-state index contributed by atoms with van der Waals surface area (Å²) >= 11 is 0. The molecular weight excluding hydrogens is 232 g/mol. The maximum atomic E-state index is 10.9. The normalized spacial score (nSPS) is 17.2. The number of rotatable bonds is 3. The van der Waals surface area contributed by atoms with Gasteiger partial charge >= 0.3 is 5.97 Å². The molecule has 2 heterocycles. The maximum absolute atomic E-state index is 10.9. The van der Waals surface area contributed by atoms with Crippen molar-refractivity contribution in [1.82, 2.24) is 14.9 Å². The number of hydrogen-bond acceptors (Lipinski definition) is 5. The van der Waals surface area contributed by atoms with Crippen molar-refractivity contribution in [3.63, 3.8) is 0 Å². The lowest BCUT2D eigenvalue weighted by Gasteiger charge is -2.36. The second-order valence-corrected chi connectivity index (χ2v) is 4.66. The molecule has 0 amide bonds. The van der Waals surface area contributed by atoms with Gasteiger partial charge in [-0.3, -0.25) is 4.90 Å². The number of anilines is 1. The first-order valence-electron chi connectivity index (χ1n) is 6.13. The van der Waals surface area contributed by atoms with Gasteiger partial charge in [0.1, 0.15) is 0 Å². The van der Waals surface area contributed by atoms with Crippen LogP contribution in [0, 0.1) is 0 Å². The minimum atomic E-state index is -1.01. The molecule has 1 aromatic heterocycles. The second-order valence-electron chi connectivity index (χ2n) is 4.66. The Morgan fingerprint density at radius 3 is 2.56 bits per heavy atom. The molecule has 98 valence electrons. The molecule has 0 atom stereocenters. The van der Waals surface area contributed by atoms with Crippen LogP contribution in [-0.2, 0) is 0 Å². The molecule has 0 aromatic carbocycles. The fourth-order valence-electron chi connectivity index (χ4n) is 2.06. The Morgan fingerprint density at radius 2 is 2.00 bits per heavy atom. The van der Waals surface area contributed by atoms with E-state index >= 15 is 0 Å². The van der Waals surface area contributed by atoms with Gasteiger partial charge in [0.2, 0.25) is 5.95 Å². The van der Waals surface area contributed by atoms with Gasteiger partial charge in [0.25, 0.3) is 0 Å². The predicted octanol–water partition coefficient (Wildman–Crippen LogP) is 0.705. The third-order valence-electron chi connectivity index (χ3n) is 3.19. The van der Waals surface area contributed by atoms with Gasteiger partial charge in [-0.15, -0.1) is 0 Å². The summed E-state index contributed by atoms with van der Waals surface area (Å²) in [4.78, 5) is 23.5. The number of hydrogen-bond donors (Lipinski definition) is 1. The van der Waals surface area contributed by atoms with E-state index in [9.17, 15) is 4.79 Å². The Kier molecular flexibility index (Phi) is 3.76. The molecule has 18 heavy (non-hydrogen) atoms. The van der Waals surface area contributed by atoms with Crippen LogP contribution >= 0.6 is 0 Å². The van der Waals surface area contributed by atoms with Gasteiger partial charge in [-0.1, -0.05) is 0 Å². The number of aromatic nitrogens is 2. The molecule has 1 aliphatic rings. The average molecular weight is 250 g/mol. The fourth-order valence-corrected chi connectivity index (χ4v) is 2.06. The van der Waals surface area contributed by atoms with E-state index in [-0.39, 0.29) is 5.69 Å². The summed E-state index contributed by atoms with van der Waals surface area (Å²) in [5, 5.41) is 8.91. The molecule has 0 aliphatic carbocycles. The van der Waals surface area contributed by atoms with Crippen LogP contribution in [0.15, 0.2) is 12.3 Å². The Labute approximate surface area is 106 Å². The highest BCUT2D eigenvalue weighted by atomic mass is 16.4. The molecule has 2 rings (SSSR count). The molecule has 1 saturated heterocycles. The molecule has 1 aromatic rings. The first-order valence-corrected chi connectivity index (χ1v) is 6.13. The van der Waals surface area contributed by atoms with E-state index in [0.29, 0.717) is 12.0 Å². The van der Waals surface area contributed by atoms with Gasteiger partial charge in [0, 0.05) is 38.4 Å². The quantitative estimate of drug-likeness (QED) is 0.852. The van der Waals surface area contributed by atoms with Crippen LogP contribution in [0.4, 0.5) is 5.95 Å². The Hall–Kier alpha value is -1.69. The van der Waals surface area contributed by atoms with Crippen molar-refractivity contribution in [1.29, 1.82) is 0 Å². The summed E-state index contributed by atoms with van der Waals surface area (Å²) in [6.45, 7) is 7.94. The number of nitrogens with zero attached hydrogens (tertiary/aromatic N) is 4. The molecule has 0 unspecified atom stereocenters. The summed E-state index contributed by atoms with van der Waals surface area (Å²) in [5.41, 5.74) is 0.0475. The molecule has 6 nitrogen and oxygen atoms in total. The molecule has 1 fully saturated rings. The third-order valence-corrected chi connectivity index (χ3v) is 3.19. The van der Waals surface area contributed by atoms with E-state index in [1.54, 1.807) is 0 Å². The SMILES string of the molecule is CC(C)N1CCN(c2nccc(C(=O)O)n2)CC1. The molecule has 0 radical (unpaired) electrons. The lowest BCUT2D eigenvalue weighted by atomic mass is 10.2. The largest absolute Gasteiger partial charge is 0.477 e.